The highest BCUT2D eigenvalue weighted by molar-refractivity contribution is 6.08. The number of aromatic nitrogens is 1. The summed E-state index contributed by atoms with van der Waals surface area (Å²) in [4.78, 5) is 16.1. The first-order chi connectivity index (χ1) is 9.65. The highest BCUT2D eigenvalue weighted by Crippen LogP contribution is 2.26. The minimum Gasteiger partial charge on any atom is -0.494 e. The first kappa shape index (κ1) is 13.8. The zero-order valence-electron chi connectivity index (χ0n) is 11.1. The van der Waals surface area contributed by atoms with Crippen LogP contribution in [0, 0.1) is 5.82 Å². The van der Waals surface area contributed by atoms with E-state index in [1.165, 1.54) is 31.5 Å². The van der Waals surface area contributed by atoms with Gasteiger partial charge in [-0.25, -0.2) is 4.39 Å². The maximum absolute atomic E-state index is 13.1. The van der Waals surface area contributed by atoms with Gasteiger partial charge in [0.15, 0.2) is 0 Å². The lowest BCUT2D eigenvalue weighted by Crippen LogP contribution is -2.15. The summed E-state index contributed by atoms with van der Waals surface area (Å²) < 4.78 is 18.1. The van der Waals surface area contributed by atoms with E-state index in [9.17, 15) is 9.18 Å². The van der Waals surface area contributed by atoms with Gasteiger partial charge in [0.1, 0.15) is 11.6 Å². The molecule has 2 rings (SSSR count). The molecule has 0 bridgehead atoms. The molecule has 0 aliphatic rings. The number of pyridine rings is 1. The van der Waals surface area contributed by atoms with Crippen molar-refractivity contribution in [3.8, 4) is 5.75 Å². The number of carbonyl (C=O) groups is 1. The van der Waals surface area contributed by atoms with Crippen molar-refractivity contribution in [3.63, 3.8) is 0 Å². The van der Waals surface area contributed by atoms with Crippen LogP contribution in [0.1, 0.15) is 10.4 Å². The first-order valence-electron chi connectivity index (χ1n) is 5.92. The van der Waals surface area contributed by atoms with E-state index >= 15 is 0 Å². The van der Waals surface area contributed by atoms with Crippen molar-refractivity contribution >= 4 is 17.3 Å². The molecular formula is C14H14FN3O2. The van der Waals surface area contributed by atoms with Crippen LogP contribution in [0.3, 0.4) is 0 Å². The number of halogens is 1. The molecule has 0 spiro atoms. The standard InChI is InChI=1S/C14H14FN3O2/c1-16-11-5-6-17-8-10(11)14(19)18-12-4-3-9(15)7-13(12)20-2/h3-8H,1-2H3,(H,16,17)(H,18,19). The van der Waals surface area contributed by atoms with Crippen LogP contribution in [0.25, 0.3) is 0 Å². The summed E-state index contributed by atoms with van der Waals surface area (Å²) in [6, 6.07) is 5.59. The molecular weight excluding hydrogens is 261 g/mol. The molecule has 104 valence electrons. The Morgan fingerprint density at radius 2 is 2.10 bits per heavy atom. The van der Waals surface area contributed by atoms with E-state index in [0.29, 0.717) is 16.9 Å². The Bertz CT molecular complexity index is 632. The van der Waals surface area contributed by atoms with Gasteiger partial charge in [-0.05, 0) is 18.2 Å². The van der Waals surface area contributed by atoms with Crippen molar-refractivity contribution in [1.29, 1.82) is 0 Å². The molecule has 2 aromatic rings. The number of nitrogens with one attached hydrogen (secondary N) is 2. The third-order valence-electron chi connectivity index (χ3n) is 2.75. The van der Waals surface area contributed by atoms with Gasteiger partial charge in [0.25, 0.3) is 5.91 Å². The van der Waals surface area contributed by atoms with Crippen LogP contribution >= 0.6 is 0 Å². The number of methoxy groups -OCH3 is 1. The lowest BCUT2D eigenvalue weighted by Gasteiger charge is -2.12. The van der Waals surface area contributed by atoms with Crippen molar-refractivity contribution in [1.82, 2.24) is 4.98 Å². The molecule has 0 radical (unpaired) electrons. The molecule has 1 aromatic carbocycles. The van der Waals surface area contributed by atoms with Gasteiger partial charge in [-0.15, -0.1) is 0 Å². The molecule has 5 nitrogen and oxygen atoms in total. The predicted molar refractivity (Wildman–Crippen MR) is 74.7 cm³/mol. The summed E-state index contributed by atoms with van der Waals surface area (Å²) in [7, 11) is 3.12. The lowest BCUT2D eigenvalue weighted by molar-refractivity contribution is 0.102. The van der Waals surface area contributed by atoms with Gasteiger partial charge in [-0.2, -0.15) is 0 Å². The van der Waals surface area contributed by atoms with Crippen LogP contribution in [0.4, 0.5) is 15.8 Å². The second-order valence-corrected chi connectivity index (χ2v) is 3.97. The van der Waals surface area contributed by atoms with Crippen molar-refractivity contribution < 1.29 is 13.9 Å². The van der Waals surface area contributed by atoms with Crippen LogP contribution in [0.15, 0.2) is 36.7 Å². The zero-order valence-corrected chi connectivity index (χ0v) is 11.1. The Morgan fingerprint density at radius 1 is 1.30 bits per heavy atom. The van der Waals surface area contributed by atoms with Crippen molar-refractivity contribution in [2.75, 3.05) is 24.8 Å². The van der Waals surface area contributed by atoms with Crippen LogP contribution in [-0.2, 0) is 0 Å². The number of hydrogen-bond acceptors (Lipinski definition) is 4. The fraction of sp³-hybridized carbons (Fsp3) is 0.143. The van der Waals surface area contributed by atoms with Crippen molar-refractivity contribution in [2.45, 2.75) is 0 Å². The Hall–Kier alpha value is -2.63. The number of ether oxygens (including phenoxy) is 1. The molecule has 0 unspecified atom stereocenters. The Labute approximate surface area is 115 Å². The maximum atomic E-state index is 13.1. The molecule has 0 saturated heterocycles. The highest BCUT2D eigenvalue weighted by Gasteiger charge is 2.13. The predicted octanol–water partition coefficient (Wildman–Crippen LogP) is 2.52. The first-order valence-corrected chi connectivity index (χ1v) is 5.92. The average molecular weight is 275 g/mol. The van der Waals surface area contributed by atoms with Crippen molar-refractivity contribution in [3.05, 3.63) is 48.0 Å². The molecule has 20 heavy (non-hydrogen) atoms. The fourth-order valence-corrected chi connectivity index (χ4v) is 1.75. The number of hydrogen-bond donors (Lipinski definition) is 2. The van der Waals surface area contributed by atoms with Gasteiger partial charge < -0.3 is 15.4 Å². The number of benzene rings is 1. The molecule has 2 N–H and O–H groups in total. The van der Waals surface area contributed by atoms with Crippen LogP contribution in [-0.4, -0.2) is 25.0 Å². The summed E-state index contributed by atoms with van der Waals surface area (Å²) in [5, 5.41) is 5.58. The van der Waals surface area contributed by atoms with Crippen molar-refractivity contribution in [2.24, 2.45) is 0 Å². The van der Waals surface area contributed by atoms with E-state index in [1.807, 2.05) is 0 Å². The minimum atomic E-state index is -0.433. The Balaban J connectivity index is 2.28. The number of anilines is 2. The second kappa shape index (κ2) is 6.01. The lowest BCUT2D eigenvalue weighted by atomic mass is 10.2. The van der Waals surface area contributed by atoms with Gasteiger partial charge in [0, 0.05) is 31.2 Å². The average Bonchev–Trinajstić information content (AvgIpc) is 2.48. The van der Waals surface area contributed by atoms with Gasteiger partial charge in [-0.1, -0.05) is 0 Å². The molecule has 0 saturated carbocycles. The Kier molecular flexibility index (Phi) is 4.14. The summed E-state index contributed by atoms with van der Waals surface area (Å²) in [6.45, 7) is 0. The Morgan fingerprint density at radius 3 is 2.80 bits per heavy atom. The molecule has 1 amide bonds. The SMILES string of the molecule is CNc1ccncc1C(=O)Nc1ccc(F)cc1OC. The molecule has 0 aliphatic carbocycles. The monoisotopic (exact) mass is 275 g/mol. The molecule has 1 aromatic heterocycles. The summed E-state index contributed by atoms with van der Waals surface area (Å²) in [5.41, 5.74) is 1.43. The third kappa shape index (κ3) is 2.85. The van der Waals surface area contributed by atoms with Crippen LogP contribution in [0.5, 0.6) is 5.75 Å². The summed E-state index contributed by atoms with van der Waals surface area (Å²) in [6.07, 6.45) is 3.04. The number of nitrogens with zero attached hydrogens (tertiary/aromatic N) is 1. The molecule has 0 atom stereocenters. The topological polar surface area (TPSA) is 63.2 Å². The van der Waals surface area contributed by atoms with Gasteiger partial charge in [0.05, 0.1) is 18.4 Å². The number of rotatable bonds is 4. The minimum absolute atomic E-state index is 0.258. The van der Waals surface area contributed by atoms with Gasteiger partial charge in [0.2, 0.25) is 0 Å². The van der Waals surface area contributed by atoms with E-state index in [2.05, 4.69) is 15.6 Å². The molecule has 0 aliphatic heterocycles. The quantitative estimate of drug-likeness (QED) is 0.900. The smallest absolute Gasteiger partial charge is 0.259 e. The fourth-order valence-electron chi connectivity index (χ4n) is 1.75. The maximum Gasteiger partial charge on any atom is 0.259 e. The summed E-state index contributed by atoms with van der Waals surface area (Å²) >= 11 is 0. The van der Waals surface area contributed by atoms with Gasteiger partial charge >= 0.3 is 0 Å². The second-order valence-electron chi connectivity index (χ2n) is 3.97. The van der Waals surface area contributed by atoms with Crippen LogP contribution < -0.4 is 15.4 Å². The zero-order chi connectivity index (χ0) is 14.5. The molecule has 0 fully saturated rings. The highest BCUT2D eigenvalue weighted by atomic mass is 19.1. The summed E-state index contributed by atoms with van der Waals surface area (Å²) in [5.74, 6) is -0.530. The van der Waals surface area contributed by atoms with Gasteiger partial charge in [-0.3, -0.25) is 9.78 Å². The number of carbonyl (C=O) groups excluding carboxylic acids is 1. The molecule has 6 heteroatoms. The normalized spacial score (nSPS) is 9.95. The van der Waals surface area contributed by atoms with E-state index in [0.717, 1.165) is 0 Å². The van der Waals surface area contributed by atoms with E-state index < -0.39 is 5.82 Å². The van der Waals surface area contributed by atoms with E-state index in [-0.39, 0.29) is 11.7 Å². The third-order valence-corrected chi connectivity index (χ3v) is 2.75. The van der Waals surface area contributed by atoms with E-state index in [4.69, 9.17) is 4.74 Å². The van der Waals surface area contributed by atoms with E-state index in [1.54, 1.807) is 19.3 Å². The van der Waals surface area contributed by atoms with Crippen LogP contribution in [0.2, 0.25) is 0 Å². The largest absolute Gasteiger partial charge is 0.494 e. The number of amides is 1. The molecule has 1 heterocycles.